The third kappa shape index (κ3) is 7.23. The summed E-state index contributed by atoms with van der Waals surface area (Å²) in [4.78, 5) is 42.9. The number of pyridine rings is 4. The van der Waals surface area contributed by atoms with Gasteiger partial charge in [0.2, 0.25) is 5.95 Å². The summed E-state index contributed by atoms with van der Waals surface area (Å²) in [7, 11) is 0. The van der Waals surface area contributed by atoms with Crippen LogP contribution in [0.5, 0.6) is 0 Å². The molecule has 0 atom stereocenters. The molecule has 0 radical (unpaired) electrons. The molecule has 0 unspecified atom stereocenters. The minimum Gasteiger partial charge on any atom is -0.441 e. The molecule has 1 aliphatic carbocycles. The fourth-order valence-corrected chi connectivity index (χ4v) is 4.56. The van der Waals surface area contributed by atoms with E-state index in [1.54, 1.807) is 54.0 Å². The van der Waals surface area contributed by atoms with Crippen LogP contribution in [-0.4, -0.2) is 56.4 Å². The third-order valence-electron chi connectivity index (χ3n) is 7.04. The first-order valence-electron chi connectivity index (χ1n) is 14.2. The minimum atomic E-state index is -0.540. The van der Waals surface area contributed by atoms with Crippen molar-refractivity contribution in [2.45, 2.75) is 37.9 Å². The molecule has 0 aromatic carbocycles. The third-order valence-corrected chi connectivity index (χ3v) is 7.04. The molecule has 10 nitrogen and oxygen atoms in total. The molecule has 0 N–H and O–H groups in total. The molecular weight excluding hydrogens is 575 g/mol. The number of carbonyl (C=O) groups excluding carboxylic acids is 2. The number of carbonyl (C=O) groups is 2. The predicted molar refractivity (Wildman–Crippen MR) is 163 cm³/mol. The first kappa shape index (κ1) is 29.3. The lowest BCUT2D eigenvalue weighted by Gasteiger charge is -2.14. The van der Waals surface area contributed by atoms with E-state index in [9.17, 15) is 14.0 Å². The molecule has 6 heterocycles. The van der Waals surface area contributed by atoms with E-state index in [0.717, 1.165) is 24.0 Å². The molecule has 3 aliphatic rings. The van der Waals surface area contributed by atoms with E-state index in [0.29, 0.717) is 35.9 Å². The average molecular weight is 603 g/mol. The van der Waals surface area contributed by atoms with Crippen LogP contribution >= 0.6 is 0 Å². The Morgan fingerprint density at radius 2 is 1.22 bits per heavy atom. The molecule has 4 aromatic heterocycles. The molecule has 1 spiro atoms. The molecule has 0 bridgehead atoms. The minimum absolute atomic E-state index is 0.239. The van der Waals surface area contributed by atoms with Crippen molar-refractivity contribution >= 4 is 23.8 Å². The van der Waals surface area contributed by atoms with Gasteiger partial charge in [0, 0.05) is 53.2 Å². The summed E-state index contributed by atoms with van der Waals surface area (Å²) in [6, 6.07) is 13.7. The van der Waals surface area contributed by atoms with Gasteiger partial charge in [-0.25, -0.2) is 24.5 Å². The molecule has 3 fully saturated rings. The number of cyclic esters (lactones) is 1. The number of aromatic nitrogens is 4. The standard InChI is InChI=1S/C17H14FN3O2.C17H13N3O2/c1-17(2)11-21(16(22)23-17)15-8-6-13(10-20-15)4-3-12-5-7-14(18)19-9-12;21-16-20(12-17(22-16)7-8-17)15-6-5-14(11-19-15)4-3-13-2-1-9-18-10-13/h5-10H,11H2,1-2H3;1-2,5-6,9-11H,7-8,12H2. The van der Waals surface area contributed by atoms with E-state index in [-0.39, 0.29) is 11.7 Å². The Hall–Kier alpha value is -5.81. The predicted octanol–water partition coefficient (Wildman–Crippen LogP) is 5.12. The van der Waals surface area contributed by atoms with Crippen molar-refractivity contribution in [3.05, 3.63) is 108 Å². The number of nitrogens with zero attached hydrogens (tertiary/aromatic N) is 6. The summed E-state index contributed by atoms with van der Waals surface area (Å²) in [5, 5.41) is 0. The zero-order chi connectivity index (χ0) is 31.4. The highest BCUT2D eigenvalue weighted by atomic mass is 19.1. The molecule has 1 saturated carbocycles. The maximum atomic E-state index is 12.7. The van der Waals surface area contributed by atoms with Gasteiger partial charge >= 0.3 is 12.2 Å². The van der Waals surface area contributed by atoms with Gasteiger partial charge in [0.25, 0.3) is 0 Å². The number of ether oxygens (including phenoxy) is 2. The van der Waals surface area contributed by atoms with Crippen LogP contribution in [-0.2, 0) is 9.47 Å². The van der Waals surface area contributed by atoms with Crippen molar-refractivity contribution in [2.24, 2.45) is 0 Å². The maximum absolute atomic E-state index is 12.7. The van der Waals surface area contributed by atoms with Gasteiger partial charge in [-0.1, -0.05) is 23.7 Å². The number of hydrogen-bond donors (Lipinski definition) is 0. The zero-order valence-corrected chi connectivity index (χ0v) is 24.5. The number of hydrogen-bond acceptors (Lipinski definition) is 8. The normalized spacial score (nSPS) is 16.8. The Balaban J connectivity index is 0.000000159. The van der Waals surface area contributed by atoms with Gasteiger partial charge in [-0.15, -0.1) is 0 Å². The van der Waals surface area contributed by atoms with Crippen LogP contribution in [0.15, 0.2) is 79.5 Å². The van der Waals surface area contributed by atoms with E-state index in [1.165, 1.54) is 17.2 Å². The molecule has 224 valence electrons. The van der Waals surface area contributed by atoms with Gasteiger partial charge in [-0.3, -0.25) is 14.8 Å². The Labute approximate surface area is 259 Å². The maximum Gasteiger partial charge on any atom is 0.416 e. The van der Waals surface area contributed by atoms with Crippen molar-refractivity contribution in [1.82, 2.24) is 19.9 Å². The highest BCUT2D eigenvalue weighted by Crippen LogP contribution is 2.45. The zero-order valence-electron chi connectivity index (χ0n) is 24.5. The van der Waals surface area contributed by atoms with E-state index in [4.69, 9.17) is 9.47 Å². The number of halogens is 1. The monoisotopic (exact) mass is 602 g/mol. The van der Waals surface area contributed by atoms with Crippen LogP contribution < -0.4 is 9.80 Å². The number of rotatable bonds is 2. The Kier molecular flexibility index (Phi) is 7.84. The van der Waals surface area contributed by atoms with Crippen LogP contribution in [0.25, 0.3) is 0 Å². The molecule has 2 saturated heterocycles. The van der Waals surface area contributed by atoms with E-state index >= 15 is 0 Å². The molecule has 7 rings (SSSR count). The Morgan fingerprint density at radius 3 is 1.64 bits per heavy atom. The summed E-state index contributed by atoms with van der Waals surface area (Å²) >= 11 is 0. The van der Waals surface area contributed by atoms with Crippen LogP contribution in [0.4, 0.5) is 25.6 Å². The fourth-order valence-electron chi connectivity index (χ4n) is 4.56. The lowest BCUT2D eigenvalue weighted by molar-refractivity contribution is 0.0870. The lowest BCUT2D eigenvalue weighted by atomic mass is 10.1. The summed E-state index contributed by atoms with van der Waals surface area (Å²) in [5.41, 5.74) is 2.18. The van der Waals surface area contributed by atoms with Crippen LogP contribution in [0.3, 0.4) is 0 Å². The van der Waals surface area contributed by atoms with Crippen LogP contribution in [0.2, 0.25) is 0 Å². The second kappa shape index (κ2) is 12.1. The number of amides is 2. The van der Waals surface area contributed by atoms with Gasteiger partial charge in [0.05, 0.1) is 13.1 Å². The smallest absolute Gasteiger partial charge is 0.416 e. The van der Waals surface area contributed by atoms with E-state index < -0.39 is 17.6 Å². The van der Waals surface area contributed by atoms with E-state index in [2.05, 4.69) is 43.6 Å². The molecule has 2 amide bonds. The molecule has 4 aromatic rings. The SMILES string of the molecule is CC1(C)CN(c2ccc(C#Cc3ccc(F)nc3)cn2)C(=O)O1.O=C1OC2(CC2)CN1c1ccc(C#Cc2cccnc2)cn1. The van der Waals surface area contributed by atoms with Gasteiger partial charge in [0.15, 0.2) is 0 Å². The highest BCUT2D eigenvalue weighted by molar-refractivity contribution is 5.90. The lowest BCUT2D eigenvalue weighted by Crippen LogP contribution is -2.28. The van der Waals surface area contributed by atoms with Crippen molar-refractivity contribution in [3.63, 3.8) is 0 Å². The van der Waals surface area contributed by atoms with E-state index in [1.807, 2.05) is 32.0 Å². The topological polar surface area (TPSA) is 111 Å². The largest absolute Gasteiger partial charge is 0.441 e. The first-order chi connectivity index (χ1) is 21.7. The molecular formula is C34H27FN6O4. The molecule has 11 heteroatoms. The quantitative estimate of drug-likeness (QED) is 0.230. The number of anilines is 2. The molecule has 45 heavy (non-hydrogen) atoms. The highest BCUT2D eigenvalue weighted by Gasteiger charge is 2.55. The Bertz CT molecular complexity index is 1840. The summed E-state index contributed by atoms with van der Waals surface area (Å²) < 4.78 is 23.3. The molecule has 2 aliphatic heterocycles. The van der Waals surface area contributed by atoms with Crippen molar-refractivity contribution < 1.29 is 23.5 Å². The fraction of sp³-hybridized carbons (Fsp3) is 0.235. The van der Waals surface area contributed by atoms with Gasteiger partial charge < -0.3 is 9.47 Å². The summed E-state index contributed by atoms with van der Waals surface area (Å²) in [5.74, 6) is 12.4. The van der Waals surface area contributed by atoms with Gasteiger partial charge in [-0.05, 0) is 75.2 Å². The van der Waals surface area contributed by atoms with Crippen molar-refractivity contribution in [2.75, 3.05) is 22.9 Å². The summed E-state index contributed by atoms with van der Waals surface area (Å²) in [6.45, 7) is 4.74. The Morgan fingerprint density at radius 1 is 0.689 bits per heavy atom. The second-order valence-electron chi connectivity index (χ2n) is 11.3. The first-order valence-corrected chi connectivity index (χ1v) is 14.2. The van der Waals surface area contributed by atoms with Crippen molar-refractivity contribution in [1.29, 1.82) is 0 Å². The van der Waals surface area contributed by atoms with Crippen molar-refractivity contribution in [3.8, 4) is 23.7 Å². The van der Waals surface area contributed by atoms with Gasteiger partial charge in [-0.2, -0.15) is 4.39 Å². The average Bonchev–Trinajstić information content (AvgIpc) is 3.63. The van der Waals surface area contributed by atoms with Gasteiger partial charge in [0.1, 0.15) is 22.8 Å². The second-order valence-corrected chi connectivity index (χ2v) is 11.3. The van der Waals surface area contributed by atoms with Crippen LogP contribution in [0.1, 0.15) is 48.9 Å². The van der Waals surface area contributed by atoms with Crippen LogP contribution in [0, 0.1) is 29.6 Å². The summed E-state index contributed by atoms with van der Waals surface area (Å²) in [6.07, 6.45) is 9.23.